The molecule has 0 spiro atoms. The molecule has 0 aliphatic carbocycles. The summed E-state index contributed by atoms with van der Waals surface area (Å²) < 4.78 is 83.7. The molecule has 350 valence electrons. The number of nitrogens with zero attached hydrogens (tertiary/aromatic N) is 1. The smallest absolute Gasteiger partial charge is 0.495 e. The number of methoxy groups -OCH3 is 1. The van der Waals surface area contributed by atoms with Crippen molar-refractivity contribution in [2.75, 3.05) is 19.0 Å². The van der Waals surface area contributed by atoms with Crippen LogP contribution in [0.5, 0.6) is 5.75 Å². The van der Waals surface area contributed by atoms with Crippen LogP contribution in [0.3, 0.4) is 0 Å². The van der Waals surface area contributed by atoms with E-state index in [4.69, 9.17) is 65.8 Å². The molecule has 10 atom stereocenters. The number of anilines is 1. The number of esters is 1. The number of hydrogen-bond donors (Lipinski definition) is 2. The van der Waals surface area contributed by atoms with Crippen molar-refractivity contribution in [3.8, 4) is 11.8 Å². The first-order valence-electron chi connectivity index (χ1n) is 20.9. The number of halogens is 4. The van der Waals surface area contributed by atoms with Gasteiger partial charge in [-0.15, -0.1) is 0 Å². The third-order valence-corrected chi connectivity index (χ3v) is 12.1. The average molecular weight is 947 g/mol. The average Bonchev–Trinajstić information content (AvgIpc) is 3.92. The molecular weight excluding hydrogens is 895 g/mol. The largest absolute Gasteiger partial charge is 0.511 e. The number of rotatable bonds is 11. The normalized spacial score (nSPS) is 29.4. The number of nitrogens with one attached hydrogen (secondary N) is 2. The van der Waals surface area contributed by atoms with Gasteiger partial charge in [-0.1, -0.05) is 62.2 Å². The van der Waals surface area contributed by atoms with Crippen LogP contribution >= 0.6 is 23.2 Å². The van der Waals surface area contributed by atoms with Crippen LogP contribution < -0.4 is 15.4 Å². The highest BCUT2D eigenvalue weighted by molar-refractivity contribution is 6.31. The van der Waals surface area contributed by atoms with E-state index >= 15 is 8.78 Å². The summed E-state index contributed by atoms with van der Waals surface area (Å²) in [7, 11) is 1.30. The minimum atomic E-state index is -1.86. The molecule has 15 nitrogen and oxygen atoms in total. The van der Waals surface area contributed by atoms with E-state index in [2.05, 4.69) is 16.7 Å². The Kier molecular flexibility index (Phi) is 13.5. The summed E-state index contributed by atoms with van der Waals surface area (Å²) in [6.45, 7) is 14.1. The van der Waals surface area contributed by atoms with E-state index in [1.54, 1.807) is 27.7 Å². The molecule has 4 aliphatic rings. The zero-order valence-corrected chi connectivity index (χ0v) is 38.7. The molecule has 1 amide bonds. The molecule has 0 aromatic heterocycles. The number of carbonyl (C=O) groups excluding carboxylic acids is 3. The number of benzene rings is 3. The molecule has 4 fully saturated rings. The lowest BCUT2D eigenvalue weighted by Gasteiger charge is -2.37. The molecule has 4 aliphatic heterocycles. The second-order valence-electron chi connectivity index (χ2n) is 18.5. The first kappa shape index (κ1) is 48.3. The molecule has 7 rings (SSSR count). The van der Waals surface area contributed by atoms with Crippen LogP contribution in [-0.2, 0) is 48.1 Å². The second kappa shape index (κ2) is 18.2. The highest BCUT2D eigenvalue weighted by Crippen LogP contribution is 2.53. The van der Waals surface area contributed by atoms with Gasteiger partial charge in [0.2, 0.25) is 12.2 Å². The van der Waals surface area contributed by atoms with Gasteiger partial charge in [0.15, 0.2) is 30.1 Å². The summed E-state index contributed by atoms with van der Waals surface area (Å²) in [5.74, 6) is -6.60. The molecule has 4 saturated heterocycles. The Morgan fingerprint density at radius 3 is 2.37 bits per heavy atom. The summed E-state index contributed by atoms with van der Waals surface area (Å²) >= 11 is 12.4. The molecule has 0 bridgehead atoms. The molecule has 19 heteroatoms. The number of fused-ring (bicyclic) bond motifs is 1. The molecular formula is C46H51Cl2F2N3O12. The maximum atomic E-state index is 16.2. The Bertz CT molecular complexity index is 2380. The van der Waals surface area contributed by atoms with Gasteiger partial charge in [-0.05, 0) is 81.5 Å². The topological polar surface area (TPSA) is 182 Å². The van der Waals surface area contributed by atoms with Crippen molar-refractivity contribution in [2.24, 2.45) is 5.41 Å². The van der Waals surface area contributed by atoms with Crippen LogP contribution in [0.4, 0.5) is 19.3 Å². The second-order valence-corrected chi connectivity index (χ2v) is 19.3. The monoisotopic (exact) mass is 945 g/mol. The van der Waals surface area contributed by atoms with E-state index in [1.165, 1.54) is 62.6 Å². The van der Waals surface area contributed by atoms with Crippen LogP contribution in [0.15, 0.2) is 54.6 Å². The Morgan fingerprint density at radius 1 is 0.985 bits per heavy atom. The predicted molar refractivity (Wildman–Crippen MR) is 229 cm³/mol. The lowest BCUT2D eigenvalue weighted by Crippen LogP contribution is -2.45. The molecule has 0 radical (unpaired) electrons. The van der Waals surface area contributed by atoms with E-state index < -0.39 is 107 Å². The summed E-state index contributed by atoms with van der Waals surface area (Å²) in [6, 6.07) is 12.2. The third kappa shape index (κ3) is 9.91. The van der Waals surface area contributed by atoms with Crippen LogP contribution in [0, 0.1) is 28.4 Å². The van der Waals surface area contributed by atoms with Gasteiger partial charge in [-0.3, -0.25) is 4.79 Å². The summed E-state index contributed by atoms with van der Waals surface area (Å²) in [5, 5.41) is 17.0. The van der Waals surface area contributed by atoms with E-state index in [-0.39, 0.29) is 51.2 Å². The van der Waals surface area contributed by atoms with Crippen molar-refractivity contribution in [1.29, 1.82) is 5.26 Å². The molecule has 2 N–H and O–H groups in total. The Morgan fingerprint density at radius 2 is 1.72 bits per heavy atom. The first-order valence-corrected chi connectivity index (χ1v) is 21.7. The fourth-order valence-corrected chi connectivity index (χ4v) is 9.36. The summed E-state index contributed by atoms with van der Waals surface area (Å²) in [5.41, 5.74) is -2.46. The molecule has 1 unspecified atom stereocenters. The number of ether oxygens (including phenoxy) is 9. The van der Waals surface area contributed by atoms with Gasteiger partial charge in [0.25, 0.3) is 0 Å². The zero-order valence-electron chi connectivity index (χ0n) is 37.2. The van der Waals surface area contributed by atoms with Crippen molar-refractivity contribution < 1.29 is 65.8 Å². The van der Waals surface area contributed by atoms with Gasteiger partial charge in [-0.25, -0.2) is 18.4 Å². The maximum absolute atomic E-state index is 16.2. The quantitative estimate of drug-likeness (QED) is 0.138. The molecule has 0 saturated carbocycles. The Balaban J connectivity index is 1.09. The molecule has 4 heterocycles. The van der Waals surface area contributed by atoms with Crippen molar-refractivity contribution in [3.05, 3.63) is 93.0 Å². The van der Waals surface area contributed by atoms with E-state index in [9.17, 15) is 19.6 Å². The van der Waals surface area contributed by atoms with Gasteiger partial charge < -0.3 is 53.3 Å². The molecule has 3 aromatic carbocycles. The number of nitriles is 1. The van der Waals surface area contributed by atoms with Gasteiger partial charge >= 0.3 is 12.1 Å². The number of hydrogen-bond acceptors (Lipinski definition) is 14. The number of carbonyl (C=O) groups is 3. The maximum Gasteiger partial charge on any atom is 0.511 e. The standard InChI is InChI=1S/C46H51Cl2F2N3O12/c1-22(60-42(56)62-37-36(31-20-58-44(5,6)63-31)61-41-38(37)64-45(7,8)65-41)59-40(55)23-13-16-29(30(17-23)57-9)52-39(54)35-33(25-11-10-12-27(48)34(25)50)46(21-51,32(53-35)19-43(2,3)4)26-15-14-24(47)18-28(26)49/h10-18,22,31-33,35-38,41,53H,19-20H2,1-9H3,(H,52,54)/t22?,31-,32+,33+,35-,36+,37+,38-,41-,46+/m1/s1. The third-order valence-electron chi connectivity index (χ3n) is 11.6. The van der Waals surface area contributed by atoms with Gasteiger partial charge in [0.1, 0.15) is 35.0 Å². The first-order chi connectivity index (χ1) is 30.5. The fourth-order valence-electron chi connectivity index (χ4n) is 9.02. The SMILES string of the molecule is COc1cc(C(=O)OC(C)OC(=O)O[C@H]2[C@H]([C@H]3COC(C)(C)O3)O[C@@H]3OC(C)(C)O[C@@H]32)ccc1NC(=O)[C@@H]1N[C@@H](CC(C)(C)C)[C@](C#N)(c2ccc(Cl)cc2F)[C@H]1c1cccc(Cl)c1F. The summed E-state index contributed by atoms with van der Waals surface area (Å²) in [6.07, 6.45) is -6.57. The lowest BCUT2D eigenvalue weighted by molar-refractivity contribution is -0.234. The fraction of sp³-hybridized carbons (Fsp3) is 0.522. The minimum Gasteiger partial charge on any atom is -0.495 e. The molecule has 65 heavy (non-hydrogen) atoms. The lowest BCUT2D eigenvalue weighted by atomic mass is 9.62. The van der Waals surface area contributed by atoms with Gasteiger partial charge in [0, 0.05) is 29.5 Å². The predicted octanol–water partition coefficient (Wildman–Crippen LogP) is 8.29. The zero-order chi connectivity index (χ0) is 47.4. The van der Waals surface area contributed by atoms with Crippen LogP contribution in [0.2, 0.25) is 10.0 Å². The highest BCUT2D eigenvalue weighted by atomic mass is 35.5. The Hall–Kier alpha value is -4.64. The van der Waals surface area contributed by atoms with Crippen LogP contribution in [0.1, 0.15) is 89.2 Å². The Labute approximate surface area is 385 Å². The summed E-state index contributed by atoms with van der Waals surface area (Å²) in [4.78, 5) is 41.1. The van der Waals surface area contributed by atoms with Crippen molar-refractivity contribution in [2.45, 2.75) is 134 Å². The van der Waals surface area contributed by atoms with Crippen molar-refractivity contribution in [1.82, 2.24) is 5.32 Å². The van der Waals surface area contributed by atoms with Gasteiger partial charge in [0.05, 0.1) is 42.1 Å². The highest BCUT2D eigenvalue weighted by Gasteiger charge is 2.62. The molecule has 3 aromatic rings. The minimum absolute atomic E-state index is 0.00984. The van der Waals surface area contributed by atoms with Crippen LogP contribution in [-0.4, -0.2) is 92.4 Å². The van der Waals surface area contributed by atoms with Gasteiger partial charge in [-0.2, -0.15) is 5.26 Å². The van der Waals surface area contributed by atoms with E-state index in [1.807, 2.05) is 20.8 Å². The van der Waals surface area contributed by atoms with Crippen molar-refractivity contribution in [3.63, 3.8) is 0 Å². The van der Waals surface area contributed by atoms with E-state index in [0.717, 1.165) is 6.07 Å². The number of amides is 1. The van der Waals surface area contributed by atoms with Crippen molar-refractivity contribution >= 4 is 46.9 Å². The van der Waals surface area contributed by atoms with Crippen LogP contribution in [0.25, 0.3) is 0 Å². The van der Waals surface area contributed by atoms with E-state index in [0.29, 0.717) is 0 Å².